The van der Waals surface area contributed by atoms with Crippen LogP contribution in [0.25, 0.3) is 0 Å². The van der Waals surface area contributed by atoms with Gasteiger partial charge in [0.25, 0.3) is 0 Å². The molecule has 2 fully saturated rings. The molecule has 0 saturated heterocycles. The maximum Gasteiger partial charge on any atom is 0.0587 e. The molecule has 2 aliphatic rings. The predicted octanol–water partition coefficient (Wildman–Crippen LogP) is 3.43. The number of ether oxygens (including phenoxy) is 1. The predicted molar refractivity (Wildman–Crippen MR) is 83.1 cm³/mol. The number of nitrogens with one attached hydrogen (secondary N) is 1. The third-order valence-electron chi connectivity index (χ3n) is 5.45. The summed E-state index contributed by atoms with van der Waals surface area (Å²) in [5, 5.41) is 3.60. The Morgan fingerprint density at radius 1 is 1.15 bits per heavy atom. The first kappa shape index (κ1) is 14.1. The van der Waals surface area contributed by atoms with Gasteiger partial charge in [0.2, 0.25) is 0 Å². The highest BCUT2D eigenvalue weighted by Crippen LogP contribution is 2.64. The molecule has 1 aromatic carbocycles. The summed E-state index contributed by atoms with van der Waals surface area (Å²) in [6.45, 7) is 5.02. The van der Waals surface area contributed by atoms with Gasteiger partial charge in [0.05, 0.1) is 6.61 Å². The van der Waals surface area contributed by atoms with Gasteiger partial charge in [-0.3, -0.25) is 0 Å². The van der Waals surface area contributed by atoms with Gasteiger partial charge in [-0.1, -0.05) is 36.2 Å². The van der Waals surface area contributed by atoms with Crippen molar-refractivity contribution in [3.8, 4) is 0 Å². The zero-order chi connectivity index (χ0) is 14.1. The minimum Gasteiger partial charge on any atom is -0.383 e. The van der Waals surface area contributed by atoms with Crippen molar-refractivity contribution in [2.45, 2.75) is 44.4 Å². The minimum absolute atomic E-state index is 0.377. The third-order valence-corrected chi connectivity index (χ3v) is 5.45. The molecule has 2 aliphatic carbocycles. The molecule has 0 unspecified atom stereocenters. The third kappa shape index (κ3) is 2.51. The fourth-order valence-electron chi connectivity index (χ4n) is 4.25. The van der Waals surface area contributed by atoms with Gasteiger partial charge in [0.15, 0.2) is 0 Å². The fourth-order valence-corrected chi connectivity index (χ4v) is 4.25. The Morgan fingerprint density at radius 3 is 2.40 bits per heavy atom. The van der Waals surface area contributed by atoms with Crippen molar-refractivity contribution in [3.05, 3.63) is 35.4 Å². The minimum atomic E-state index is 0.377. The SMILES string of the molecule is COCCNCC1(c2ccc(C)cc2)CC2(CCC2)C1. The van der Waals surface area contributed by atoms with E-state index < -0.39 is 0 Å². The average Bonchev–Trinajstić information content (AvgIpc) is 2.36. The van der Waals surface area contributed by atoms with E-state index in [1.54, 1.807) is 7.11 Å². The highest BCUT2D eigenvalue weighted by atomic mass is 16.5. The number of benzene rings is 1. The van der Waals surface area contributed by atoms with E-state index in [-0.39, 0.29) is 0 Å². The number of rotatable bonds is 6. The van der Waals surface area contributed by atoms with Crippen LogP contribution in [0.1, 0.15) is 43.2 Å². The van der Waals surface area contributed by atoms with E-state index >= 15 is 0 Å². The molecule has 0 radical (unpaired) electrons. The lowest BCUT2D eigenvalue weighted by molar-refractivity contribution is -0.0485. The second-order valence-corrected chi connectivity index (χ2v) is 7.02. The van der Waals surface area contributed by atoms with E-state index in [4.69, 9.17) is 4.74 Å². The molecule has 1 aromatic rings. The lowest BCUT2D eigenvalue weighted by Gasteiger charge is -2.62. The Kier molecular flexibility index (Phi) is 3.87. The largest absolute Gasteiger partial charge is 0.383 e. The fraction of sp³-hybridized carbons (Fsp3) is 0.667. The molecule has 2 saturated carbocycles. The van der Waals surface area contributed by atoms with Crippen LogP contribution in [0.3, 0.4) is 0 Å². The molecule has 2 nitrogen and oxygen atoms in total. The van der Waals surface area contributed by atoms with Gasteiger partial charge in [-0.25, -0.2) is 0 Å². The molecule has 3 rings (SSSR count). The van der Waals surface area contributed by atoms with Crippen LogP contribution < -0.4 is 5.32 Å². The number of hydrogen-bond acceptors (Lipinski definition) is 2. The van der Waals surface area contributed by atoms with E-state index in [1.165, 1.54) is 43.2 Å². The number of hydrogen-bond donors (Lipinski definition) is 1. The first-order valence-electron chi connectivity index (χ1n) is 7.95. The van der Waals surface area contributed by atoms with Gasteiger partial charge in [-0.2, -0.15) is 0 Å². The first-order chi connectivity index (χ1) is 9.68. The monoisotopic (exact) mass is 273 g/mol. The summed E-state index contributed by atoms with van der Waals surface area (Å²) >= 11 is 0. The van der Waals surface area contributed by atoms with E-state index in [2.05, 4.69) is 36.5 Å². The van der Waals surface area contributed by atoms with Crippen LogP contribution in [-0.2, 0) is 10.2 Å². The van der Waals surface area contributed by atoms with E-state index in [0.29, 0.717) is 10.8 Å². The van der Waals surface area contributed by atoms with Gasteiger partial charge in [0.1, 0.15) is 0 Å². The van der Waals surface area contributed by atoms with Crippen molar-refractivity contribution < 1.29 is 4.74 Å². The van der Waals surface area contributed by atoms with Crippen LogP contribution in [0.5, 0.6) is 0 Å². The van der Waals surface area contributed by atoms with Crippen molar-refractivity contribution in [3.63, 3.8) is 0 Å². The molecule has 2 heteroatoms. The number of aryl methyl sites for hydroxylation is 1. The molecule has 0 heterocycles. The van der Waals surface area contributed by atoms with Crippen LogP contribution in [0.15, 0.2) is 24.3 Å². The maximum atomic E-state index is 5.14. The van der Waals surface area contributed by atoms with Crippen molar-refractivity contribution in [2.75, 3.05) is 26.8 Å². The van der Waals surface area contributed by atoms with Crippen LogP contribution in [0.2, 0.25) is 0 Å². The Morgan fingerprint density at radius 2 is 1.85 bits per heavy atom. The van der Waals surface area contributed by atoms with Gasteiger partial charge in [-0.05, 0) is 43.6 Å². The topological polar surface area (TPSA) is 21.3 Å². The van der Waals surface area contributed by atoms with Gasteiger partial charge >= 0.3 is 0 Å². The van der Waals surface area contributed by atoms with Crippen LogP contribution in [0, 0.1) is 12.3 Å². The molecule has 1 spiro atoms. The van der Waals surface area contributed by atoms with Crippen LogP contribution in [0.4, 0.5) is 0 Å². The van der Waals surface area contributed by atoms with Crippen molar-refractivity contribution in [1.82, 2.24) is 5.32 Å². The second kappa shape index (κ2) is 5.50. The van der Waals surface area contributed by atoms with Crippen LogP contribution in [-0.4, -0.2) is 26.8 Å². The molecule has 110 valence electrons. The smallest absolute Gasteiger partial charge is 0.0587 e. The maximum absolute atomic E-state index is 5.14. The molecule has 0 amide bonds. The summed E-state index contributed by atoms with van der Waals surface area (Å²) < 4.78 is 5.14. The second-order valence-electron chi connectivity index (χ2n) is 7.02. The average molecular weight is 273 g/mol. The summed E-state index contributed by atoms with van der Waals surface area (Å²) in [5.74, 6) is 0. The van der Waals surface area contributed by atoms with Crippen molar-refractivity contribution in [2.24, 2.45) is 5.41 Å². The Balaban J connectivity index is 1.69. The Labute approximate surface area is 122 Å². The summed E-state index contributed by atoms with van der Waals surface area (Å²) in [4.78, 5) is 0. The Hall–Kier alpha value is -0.860. The van der Waals surface area contributed by atoms with Gasteiger partial charge in [-0.15, -0.1) is 0 Å². The molecule has 0 atom stereocenters. The van der Waals surface area contributed by atoms with E-state index in [9.17, 15) is 0 Å². The van der Waals surface area contributed by atoms with Gasteiger partial charge < -0.3 is 10.1 Å². The molecule has 0 aliphatic heterocycles. The molecule has 0 aromatic heterocycles. The highest BCUT2D eigenvalue weighted by molar-refractivity contribution is 5.34. The Bertz CT molecular complexity index is 439. The zero-order valence-corrected chi connectivity index (χ0v) is 12.9. The quantitative estimate of drug-likeness (QED) is 0.802. The summed E-state index contributed by atoms with van der Waals surface area (Å²) in [6, 6.07) is 9.22. The van der Waals surface area contributed by atoms with Gasteiger partial charge in [0, 0.05) is 25.6 Å². The molecular weight excluding hydrogens is 246 g/mol. The summed E-state index contributed by atoms with van der Waals surface area (Å²) in [7, 11) is 1.77. The molecule has 0 bridgehead atoms. The van der Waals surface area contributed by atoms with E-state index in [0.717, 1.165) is 19.7 Å². The normalized spacial score (nSPS) is 22.3. The lowest BCUT2D eigenvalue weighted by atomic mass is 9.43. The molecule has 1 N–H and O–H groups in total. The zero-order valence-electron chi connectivity index (χ0n) is 12.9. The van der Waals surface area contributed by atoms with Crippen molar-refractivity contribution >= 4 is 0 Å². The standard InChI is InChI=1S/C18H27NO/c1-15-4-6-16(7-5-15)18(14-19-10-11-20-2)12-17(13-18)8-3-9-17/h4-7,19H,3,8-14H2,1-2H3. The first-order valence-corrected chi connectivity index (χ1v) is 7.95. The van der Waals surface area contributed by atoms with E-state index in [1.807, 2.05) is 0 Å². The molecule has 20 heavy (non-hydrogen) atoms. The van der Waals surface area contributed by atoms with Crippen molar-refractivity contribution in [1.29, 1.82) is 0 Å². The lowest BCUT2D eigenvalue weighted by Crippen LogP contribution is -2.57. The summed E-state index contributed by atoms with van der Waals surface area (Å²) in [5.41, 5.74) is 3.97. The van der Waals surface area contributed by atoms with Crippen LogP contribution >= 0.6 is 0 Å². The summed E-state index contributed by atoms with van der Waals surface area (Å²) in [6.07, 6.45) is 7.12. The molecular formula is C18H27NO. The highest BCUT2D eigenvalue weighted by Gasteiger charge is 2.57. The number of methoxy groups -OCH3 is 1.